The molecule has 2 aromatic rings. The number of carbonyl (C=O) groups is 1. The zero-order valence-electron chi connectivity index (χ0n) is 23.5. The summed E-state index contributed by atoms with van der Waals surface area (Å²) >= 11 is 1.68. The molecule has 0 N–H and O–H groups in total. The minimum Gasteiger partial charge on any atom is -0.488 e. The number of hydrogen-bond acceptors (Lipinski definition) is 5. The molecule has 1 aromatic heterocycles. The second kappa shape index (κ2) is 11.9. The normalized spacial score (nSPS) is 13.2. The average molecular weight is 535 g/mol. The summed E-state index contributed by atoms with van der Waals surface area (Å²) in [7, 11) is -3.76. The number of carbonyl (C=O) groups excluding carboxylic acids is 1. The predicted octanol–water partition coefficient (Wildman–Crippen LogP) is 8.50. The van der Waals surface area contributed by atoms with Crippen molar-refractivity contribution in [1.29, 1.82) is 0 Å². The Morgan fingerprint density at radius 3 is 1.94 bits per heavy atom. The first-order valence-corrected chi connectivity index (χ1v) is 19.3. The third-order valence-corrected chi connectivity index (χ3v) is 17.5. The molecule has 0 aliphatic carbocycles. The van der Waals surface area contributed by atoms with Crippen molar-refractivity contribution >= 4 is 34.3 Å². The number of hydrogen-bond donors (Lipinski definition) is 0. The van der Waals surface area contributed by atoms with Gasteiger partial charge in [0, 0.05) is 11.3 Å². The fourth-order valence-corrected chi connectivity index (χ4v) is 5.66. The second-order valence-corrected chi connectivity index (χ2v) is 23.1. The molecular weight excluding hydrogens is 489 g/mol. The van der Waals surface area contributed by atoms with Crippen LogP contribution in [0.3, 0.4) is 0 Å². The molecule has 0 fully saturated rings. The van der Waals surface area contributed by atoms with E-state index in [-0.39, 0.29) is 10.1 Å². The van der Waals surface area contributed by atoms with Gasteiger partial charge in [-0.15, -0.1) is 11.3 Å². The quantitative estimate of drug-likeness (QED) is 0.202. The summed E-state index contributed by atoms with van der Waals surface area (Å²) in [6.45, 7) is 24.5. The number of rotatable bonds is 12. The summed E-state index contributed by atoms with van der Waals surface area (Å²) in [6.07, 6.45) is 2.32. The monoisotopic (exact) mass is 534 g/mol. The molecule has 0 aliphatic rings. The van der Waals surface area contributed by atoms with E-state index in [9.17, 15) is 4.79 Å². The Bertz CT molecular complexity index is 968. The summed E-state index contributed by atoms with van der Waals surface area (Å²) in [5.41, 5.74) is 3.51. The number of aldehydes is 1. The van der Waals surface area contributed by atoms with Crippen LogP contribution in [0.4, 0.5) is 0 Å². The van der Waals surface area contributed by atoms with Crippen LogP contribution in [0.15, 0.2) is 29.6 Å². The van der Waals surface area contributed by atoms with E-state index in [1.54, 1.807) is 11.3 Å². The molecule has 4 nitrogen and oxygen atoms in total. The van der Waals surface area contributed by atoms with Crippen LogP contribution in [0.2, 0.25) is 36.3 Å². The fourth-order valence-electron chi connectivity index (χ4n) is 2.93. The lowest BCUT2D eigenvalue weighted by atomic mass is 10.1. The molecular formula is C28H46O4SSi2. The lowest BCUT2D eigenvalue weighted by molar-refractivity contribution is -0.107. The Labute approximate surface area is 219 Å². The zero-order valence-corrected chi connectivity index (χ0v) is 26.4. The Kier molecular flexibility index (Phi) is 10.2. The molecule has 35 heavy (non-hydrogen) atoms. The van der Waals surface area contributed by atoms with Crippen molar-refractivity contribution in [2.75, 3.05) is 0 Å². The van der Waals surface area contributed by atoms with Gasteiger partial charge in [0.1, 0.15) is 18.6 Å². The second-order valence-electron chi connectivity index (χ2n) is 12.4. The van der Waals surface area contributed by atoms with Gasteiger partial charge >= 0.3 is 0 Å². The third-order valence-electron chi connectivity index (χ3n) is 7.61. The van der Waals surface area contributed by atoms with Gasteiger partial charge in [0.2, 0.25) is 0 Å². The molecule has 2 rings (SSSR count). The van der Waals surface area contributed by atoms with Gasteiger partial charge in [0.15, 0.2) is 16.6 Å². The van der Waals surface area contributed by atoms with Crippen LogP contribution in [-0.4, -0.2) is 22.9 Å². The third kappa shape index (κ3) is 8.67. The first-order chi connectivity index (χ1) is 16.1. The van der Waals surface area contributed by atoms with E-state index >= 15 is 0 Å². The fraction of sp³-hybridized carbons (Fsp3) is 0.607. The van der Waals surface area contributed by atoms with Crippen molar-refractivity contribution in [1.82, 2.24) is 0 Å². The van der Waals surface area contributed by atoms with E-state index in [2.05, 4.69) is 91.3 Å². The first kappa shape index (κ1) is 30.0. The van der Waals surface area contributed by atoms with E-state index in [4.69, 9.17) is 13.6 Å². The highest BCUT2D eigenvalue weighted by molar-refractivity contribution is 7.10. The van der Waals surface area contributed by atoms with Gasteiger partial charge < -0.3 is 18.4 Å². The molecule has 0 aliphatic heterocycles. The van der Waals surface area contributed by atoms with Crippen LogP contribution in [0.5, 0.6) is 5.75 Å². The molecule has 0 saturated carbocycles. The van der Waals surface area contributed by atoms with Crippen LogP contribution in [-0.2, 0) is 39.9 Å². The maximum atomic E-state index is 10.6. The van der Waals surface area contributed by atoms with Gasteiger partial charge in [0.05, 0.1) is 13.2 Å². The van der Waals surface area contributed by atoms with Gasteiger partial charge in [-0.05, 0) is 83.0 Å². The lowest BCUT2D eigenvalue weighted by Gasteiger charge is -2.37. The molecule has 0 radical (unpaired) electrons. The highest BCUT2D eigenvalue weighted by Gasteiger charge is 2.38. The van der Waals surface area contributed by atoms with Crippen molar-refractivity contribution in [3.05, 3.63) is 51.2 Å². The Hall–Kier alpha value is -1.26. The topological polar surface area (TPSA) is 44.8 Å². The van der Waals surface area contributed by atoms with Crippen molar-refractivity contribution in [2.45, 2.75) is 110 Å². The Morgan fingerprint density at radius 2 is 1.40 bits per heavy atom. The molecule has 0 unspecified atom stereocenters. The molecule has 0 atom stereocenters. The van der Waals surface area contributed by atoms with Crippen molar-refractivity contribution in [3.63, 3.8) is 0 Å². The van der Waals surface area contributed by atoms with E-state index in [0.29, 0.717) is 26.2 Å². The van der Waals surface area contributed by atoms with Gasteiger partial charge in [-0.2, -0.15) is 0 Å². The highest BCUT2D eigenvalue weighted by Crippen LogP contribution is 2.39. The van der Waals surface area contributed by atoms with Crippen LogP contribution in [0.1, 0.15) is 69.5 Å². The molecule has 0 bridgehead atoms. The minimum atomic E-state index is -1.89. The molecule has 0 amide bonds. The van der Waals surface area contributed by atoms with Crippen molar-refractivity contribution in [2.24, 2.45) is 0 Å². The standard InChI is InChI=1S/C28H46O4SSi2/c1-27(2,3)34(7,8)31-18-23-13-14-25(17-24(23)19-32-35(9,10)28(4,5)6)30-20-26-16-22(21-33-26)12-11-15-29/h13-17,21H,11-12,18-20H2,1-10H3. The minimum absolute atomic E-state index is 0.152. The molecule has 7 heteroatoms. The number of benzene rings is 1. The maximum Gasteiger partial charge on any atom is 0.192 e. The summed E-state index contributed by atoms with van der Waals surface area (Å²) in [5.74, 6) is 0.845. The largest absolute Gasteiger partial charge is 0.488 e. The Morgan fingerprint density at radius 1 is 0.829 bits per heavy atom. The number of aryl methyl sites for hydroxylation is 1. The predicted molar refractivity (Wildman–Crippen MR) is 153 cm³/mol. The number of thiophene rings is 1. The van der Waals surface area contributed by atoms with E-state index < -0.39 is 16.6 Å². The first-order valence-electron chi connectivity index (χ1n) is 12.6. The smallest absolute Gasteiger partial charge is 0.192 e. The summed E-state index contributed by atoms with van der Waals surface area (Å²) < 4.78 is 19.3. The summed E-state index contributed by atoms with van der Waals surface area (Å²) in [4.78, 5) is 11.8. The van der Waals surface area contributed by atoms with E-state index in [1.807, 2.05) is 6.07 Å². The average Bonchev–Trinajstić information content (AvgIpc) is 3.20. The molecule has 1 heterocycles. The summed E-state index contributed by atoms with van der Waals surface area (Å²) in [5, 5.41) is 2.43. The van der Waals surface area contributed by atoms with Crippen LogP contribution < -0.4 is 4.74 Å². The Balaban J connectivity index is 2.19. The van der Waals surface area contributed by atoms with Gasteiger partial charge in [-0.1, -0.05) is 47.6 Å². The van der Waals surface area contributed by atoms with Crippen LogP contribution in [0, 0.1) is 0 Å². The van der Waals surface area contributed by atoms with E-state index in [0.717, 1.165) is 28.9 Å². The van der Waals surface area contributed by atoms with Gasteiger partial charge in [-0.3, -0.25) is 0 Å². The molecule has 0 saturated heterocycles. The maximum absolute atomic E-state index is 10.6. The van der Waals surface area contributed by atoms with Gasteiger partial charge in [-0.25, -0.2) is 0 Å². The van der Waals surface area contributed by atoms with Crippen LogP contribution >= 0.6 is 11.3 Å². The zero-order chi connectivity index (χ0) is 26.5. The number of ether oxygens (including phenoxy) is 1. The van der Waals surface area contributed by atoms with Crippen molar-refractivity contribution < 1.29 is 18.4 Å². The molecule has 196 valence electrons. The van der Waals surface area contributed by atoms with Crippen LogP contribution in [0.25, 0.3) is 0 Å². The highest BCUT2D eigenvalue weighted by atomic mass is 32.1. The SMILES string of the molecule is CC(C)(C)[Si](C)(C)OCc1ccc(OCc2cc(CCC=O)cs2)cc1CO[Si](C)(C)C(C)(C)C. The van der Waals surface area contributed by atoms with Gasteiger partial charge in [0.25, 0.3) is 0 Å². The summed E-state index contributed by atoms with van der Waals surface area (Å²) in [6, 6.07) is 8.44. The lowest BCUT2D eigenvalue weighted by Crippen LogP contribution is -2.41. The van der Waals surface area contributed by atoms with E-state index in [1.165, 1.54) is 11.1 Å². The molecule has 1 aromatic carbocycles. The molecule has 0 spiro atoms. The van der Waals surface area contributed by atoms with Crippen molar-refractivity contribution in [3.8, 4) is 5.75 Å².